The lowest BCUT2D eigenvalue weighted by molar-refractivity contribution is -0.110. The molecule has 1 aliphatic heterocycles. The zero-order chi connectivity index (χ0) is 22.0. The summed E-state index contributed by atoms with van der Waals surface area (Å²) in [5.41, 5.74) is 2.07. The summed E-state index contributed by atoms with van der Waals surface area (Å²) in [5.74, 6) is -0.241. The highest BCUT2D eigenvalue weighted by molar-refractivity contribution is 7.92. The Labute approximate surface area is 178 Å². The van der Waals surface area contributed by atoms with Crippen LogP contribution in [0.2, 0.25) is 0 Å². The lowest BCUT2D eigenvalue weighted by Crippen LogP contribution is -2.15. The quantitative estimate of drug-likeness (QED) is 0.603. The summed E-state index contributed by atoms with van der Waals surface area (Å²) in [6.45, 7) is 0. The van der Waals surface area contributed by atoms with Crippen LogP contribution in [0.15, 0.2) is 64.6 Å². The Morgan fingerprint density at radius 1 is 1.03 bits per heavy atom. The molecule has 0 unspecified atom stereocenters. The molecule has 10 nitrogen and oxygen atoms in total. The number of benzene rings is 2. The van der Waals surface area contributed by atoms with Gasteiger partial charge < -0.3 is 14.8 Å². The predicted molar refractivity (Wildman–Crippen MR) is 114 cm³/mol. The second-order valence-electron chi connectivity index (χ2n) is 6.33. The van der Waals surface area contributed by atoms with Crippen LogP contribution in [0, 0.1) is 0 Å². The Bertz CT molecular complexity index is 1290. The highest BCUT2D eigenvalue weighted by Gasteiger charge is 2.25. The third kappa shape index (κ3) is 4.03. The molecule has 4 rings (SSSR count). The molecule has 31 heavy (non-hydrogen) atoms. The van der Waals surface area contributed by atoms with Gasteiger partial charge in [-0.3, -0.25) is 9.52 Å². The van der Waals surface area contributed by atoms with E-state index in [4.69, 9.17) is 9.47 Å². The van der Waals surface area contributed by atoms with Crippen molar-refractivity contribution in [3.8, 4) is 11.8 Å². The van der Waals surface area contributed by atoms with E-state index in [-0.39, 0.29) is 34.1 Å². The smallest absolute Gasteiger partial charge is 0.275 e. The number of rotatable bonds is 6. The first-order valence-electron chi connectivity index (χ1n) is 8.98. The number of fused-ring (bicyclic) bond motifs is 1. The zero-order valence-corrected chi connectivity index (χ0v) is 17.3. The zero-order valence-electron chi connectivity index (χ0n) is 16.5. The number of sulfonamides is 1. The Kier molecular flexibility index (Phi) is 5.26. The van der Waals surface area contributed by atoms with Crippen molar-refractivity contribution in [2.24, 2.45) is 4.99 Å². The van der Waals surface area contributed by atoms with Crippen LogP contribution in [-0.2, 0) is 14.8 Å². The number of anilines is 2. The highest BCUT2D eigenvalue weighted by Crippen LogP contribution is 2.27. The normalized spacial score (nSPS) is 14.1. The topological polar surface area (TPSA) is 132 Å². The molecular formula is C20H17N5O5S. The molecule has 11 heteroatoms. The number of aromatic nitrogens is 2. The summed E-state index contributed by atoms with van der Waals surface area (Å²) in [4.78, 5) is 24.5. The van der Waals surface area contributed by atoms with Crippen LogP contribution in [0.3, 0.4) is 0 Å². The molecule has 0 fully saturated rings. The molecule has 1 amide bonds. The molecule has 0 bridgehead atoms. The van der Waals surface area contributed by atoms with E-state index in [1.165, 1.54) is 44.7 Å². The molecule has 0 radical (unpaired) electrons. The van der Waals surface area contributed by atoms with E-state index < -0.39 is 10.0 Å². The van der Waals surface area contributed by atoms with Crippen molar-refractivity contribution in [3.05, 3.63) is 60.3 Å². The number of hydrogen-bond acceptors (Lipinski definition) is 8. The summed E-state index contributed by atoms with van der Waals surface area (Å²) in [6.07, 6.45) is 1.27. The molecule has 0 aliphatic carbocycles. The van der Waals surface area contributed by atoms with Crippen molar-refractivity contribution < 1.29 is 22.7 Å². The second-order valence-corrected chi connectivity index (χ2v) is 8.01. The van der Waals surface area contributed by atoms with E-state index in [1.54, 1.807) is 12.1 Å². The first-order chi connectivity index (χ1) is 14.9. The van der Waals surface area contributed by atoms with Crippen molar-refractivity contribution >= 4 is 38.8 Å². The first-order valence-corrected chi connectivity index (χ1v) is 10.5. The molecule has 0 spiro atoms. The van der Waals surface area contributed by atoms with Gasteiger partial charge in [-0.15, -0.1) is 0 Å². The summed E-state index contributed by atoms with van der Waals surface area (Å²) in [7, 11) is -1.22. The monoisotopic (exact) mass is 439 g/mol. The van der Waals surface area contributed by atoms with Gasteiger partial charge in [0.15, 0.2) is 0 Å². The molecule has 2 N–H and O–H groups in total. The van der Waals surface area contributed by atoms with Crippen molar-refractivity contribution in [2.45, 2.75) is 4.90 Å². The van der Waals surface area contributed by atoms with Gasteiger partial charge in [0, 0.05) is 5.56 Å². The van der Waals surface area contributed by atoms with Crippen LogP contribution in [0.5, 0.6) is 11.8 Å². The van der Waals surface area contributed by atoms with E-state index >= 15 is 0 Å². The van der Waals surface area contributed by atoms with Crippen molar-refractivity contribution in [1.82, 2.24) is 9.97 Å². The standard InChI is InChI=1S/C20H17N5O5S/c1-29-16-11-21-18(20(24-16)30-2)25-31(27,28)13-9-7-12(8-10-13)22-17-14-5-3-4-6-15(14)23-19(17)26/h3-11H,1-2H3,(H,21,25)(H,22,23,26). The fourth-order valence-electron chi connectivity index (χ4n) is 2.90. The van der Waals surface area contributed by atoms with Crippen molar-refractivity contribution in [2.75, 3.05) is 24.3 Å². The molecule has 158 valence electrons. The average molecular weight is 439 g/mol. The highest BCUT2D eigenvalue weighted by atomic mass is 32.2. The number of ether oxygens (including phenoxy) is 2. The van der Waals surface area contributed by atoms with Gasteiger partial charge in [-0.1, -0.05) is 18.2 Å². The third-order valence-electron chi connectivity index (χ3n) is 4.39. The van der Waals surface area contributed by atoms with Crippen LogP contribution in [-0.4, -0.2) is 44.2 Å². The molecule has 0 atom stereocenters. The maximum Gasteiger partial charge on any atom is 0.275 e. The number of para-hydroxylation sites is 1. The molecule has 2 heterocycles. The predicted octanol–water partition coefficient (Wildman–Crippen LogP) is 2.37. The Morgan fingerprint density at radius 3 is 2.48 bits per heavy atom. The fourth-order valence-corrected chi connectivity index (χ4v) is 3.90. The van der Waals surface area contributed by atoms with Gasteiger partial charge in [-0.2, -0.15) is 4.98 Å². The minimum Gasteiger partial charge on any atom is -0.480 e. The Hall–Kier alpha value is -3.99. The van der Waals surface area contributed by atoms with Crippen molar-refractivity contribution in [3.63, 3.8) is 0 Å². The maximum atomic E-state index is 12.7. The molecule has 3 aromatic rings. The van der Waals surface area contributed by atoms with Crippen LogP contribution in [0.25, 0.3) is 0 Å². The summed E-state index contributed by atoms with van der Waals surface area (Å²) >= 11 is 0. The number of carbonyl (C=O) groups excluding carboxylic acids is 1. The minimum atomic E-state index is -3.97. The Balaban J connectivity index is 1.59. The van der Waals surface area contributed by atoms with E-state index in [2.05, 4.69) is 25.0 Å². The van der Waals surface area contributed by atoms with Crippen LogP contribution >= 0.6 is 0 Å². The average Bonchev–Trinajstić information content (AvgIpc) is 3.09. The number of nitrogens with one attached hydrogen (secondary N) is 2. The lowest BCUT2D eigenvalue weighted by atomic mass is 10.1. The number of aliphatic imine (C=N–C) groups is 1. The number of hydrogen-bond donors (Lipinski definition) is 2. The number of amides is 1. The minimum absolute atomic E-state index is 0.0209. The molecule has 1 aliphatic rings. The molecule has 0 saturated heterocycles. The number of nitrogens with zero attached hydrogens (tertiary/aromatic N) is 3. The van der Waals surface area contributed by atoms with Gasteiger partial charge >= 0.3 is 0 Å². The molecule has 1 aromatic heterocycles. The van der Waals surface area contributed by atoms with Crippen LogP contribution in [0.4, 0.5) is 17.2 Å². The summed E-state index contributed by atoms with van der Waals surface area (Å²) < 4.78 is 37.8. The Morgan fingerprint density at radius 2 is 1.77 bits per heavy atom. The van der Waals surface area contributed by atoms with Gasteiger partial charge in [-0.05, 0) is 30.3 Å². The van der Waals surface area contributed by atoms with Gasteiger partial charge in [0.25, 0.3) is 21.8 Å². The SMILES string of the molecule is COc1cnc(NS(=O)(=O)c2ccc(N=C3C(=O)Nc4ccccc43)cc2)c(OC)n1. The first kappa shape index (κ1) is 20.3. The van der Waals surface area contributed by atoms with E-state index in [0.29, 0.717) is 16.9 Å². The molecule has 2 aromatic carbocycles. The van der Waals surface area contributed by atoms with Crippen LogP contribution in [0.1, 0.15) is 5.56 Å². The van der Waals surface area contributed by atoms with Crippen LogP contribution < -0.4 is 19.5 Å². The fraction of sp³-hybridized carbons (Fsp3) is 0.100. The van der Waals surface area contributed by atoms with Gasteiger partial charge in [0.05, 0.1) is 36.7 Å². The third-order valence-corrected chi connectivity index (χ3v) is 5.74. The summed E-state index contributed by atoms with van der Waals surface area (Å²) in [6, 6.07) is 13.0. The maximum absolute atomic E-state index is 12.7. The summed E-state index contributed by atoms with van der Waals surface area (Å²) in [5, 5.41) is 2.74. The molecular weight excluding hydrogens is 422 g/mol. The lowest BCUT2D eigenvalue weighted by Gasteiger charge is -2.11. The van der Waals surface area contributed by atoms with Crippen molar-refractivity contribution in [1.29, 1.82) is 0 Å². The number of carbonyl (C=O) groups is 1. The van der Waals surface area contributed by atoms with Gasteiger partial charge in [0.2, 0.25) is 11.7 Å². The van der Waals surface area contributed by atoms with E-state index in [0.717, 1.165) is 0 Å². The second kappa shape index (κ2) is 8.03. The number of methoxy groups -OCH3 is 2. The van der Waals surface area contributed by atoms with E-state index in [1.807, 2.05) is 12.1 Å². The van der Waals surface area contributed by atoms with Gasteiger partial charge in [0.1, 0.15) is 5.71 Å². The van der Waals surface area contributed by atoms with Gasteiger partial charge in [-0.25, -0.2) is 18.4 Å². The van der Waals surface area contributed by atoms with E-state index in [9.17, 15) is 13.2 Å². The molecule has 0 saturated carbocycles. The largest absolute Gasteiger partial charge is 0.480 e.